The molecule has 0 saturated heterocycles. The zero-order chi connectivity index (χ0) is 19.8. The number of fused-ring (bicyclic) bond motifs is 1. The fourth-order valence-corrected chi connectivity index (χ4v) is 3.20. The molecule has 156 valence electrons. The first-order valence-corrected chi connectivity index (χ1v) is 9.83. The molecule has 2 aromatic carbocycles. The Balaban J connectivity index is 0.00000300. The van der Waals surface area contributed by atoms with E-state index in [-0.39, 0.29) is 35.8 Å². The molecule has 0 bridgehead atoms. The van der Waals surface area contributed by atoms with Gasteiger partial charge in [0, 0.05) is 29.6 Å². The number of guanidine groups is 1. The highest BCUT2D eigenvalue weighted by Gasteiger charge is 2.24. The number of aliphatic imine (C=N–C) groups is 1. The zero-order valence-electron chi connectivity index (χ0n) is 16.3. The van der Waals surface area contributed by atoms with Gasteiger partial charge >= 0.3 is 0 Å². The Labute approximate surface area is 193 Å². The van der Waals surface area contributed by atoms with Crippen molar-refractivity contribution in [1.82, 2.24) is 10.6 Å². The minimum Gasteiger partial charge on any atom is -0.492 e. The van der Waals surface area contributed by atoms with E-state index in [0.29, 0.717) is 37.1 Å². The van der Waals surface area contributed by atoms with Crippen LogP contribution >= 0.6 is 35.6 Å². The fourth-order valence-electron chi connectivity index (χ4n) is 3.08. The smallest absolute Gasteiger partial charge is 0.225 e. The van der Waals surface area contributed by atoms with Crippen molar-refractivity contribution >= 4 is 53.1 Å². The van der Waals surface area contributed by atoms with E-state index in [4.69, 9.17) is 16.3 Å². The van der Waals surface area contributed by atoms with Gasteiger partial charge in [-0.1, -0.05) is 29.8 Å². The first-order chi connectivity index (χ1) is 13.7. The number of ether oxygens (including phenoxy) is 1. The number of rotatable bonds is 7. The predicted octanol–water partition coefficient (Wildman–Crippen LogP) is 4.02. The number of para-hydroxylation sites is 1. The van der Waals surface area contributed by atoms with Crippen LogP contribution in [0.15, 0.2) is 53.5 Å². The summed E-state index contributed by atoms with van der Waals surface area (Å²) < 4.78 is 5.69. The molecule has 0 saturated carbocycles. The summed E-state index contributed by atoms with van der Waals surface area (Å²) in [4.78, 5) is 16.6. The lowest BCUT2D eigenvalue weighted by molar-refractivity contribution is -0.116. The molecule has 0 aliphatic carbocycles. The first kappa shape index (κ1) is 23.3. The Kier molecular flexibility index (Phi) is 9.53. The number of benzene rings is 2. The van der Waals surface area contributed by atoms with Crippen LogP contribution in [-0.2, 0) is 4.79 Å². The second-order valence-corrected chi connectivity index (χ2v) is 6.92. The fraction of sp³-hybridized carbons (Fsp3) is 0.333. The van der Waals surface area contributed by atoms with E-state index in [1.54, 1.807) is 12.1 Å². The molecule has 0 aromatic heterocycles. The summed E-state index contributed by atoms with van der Waals surface area (Å²) in [6, 6.07) is 15.2. The van der Waals surface area contributed by atoms with Crippen molar-refractivity contribution in [2.45, 2.75) is 19.3 Å². The highest BCUT2D eigenvalue weighted by molar-refractivity contribution is 14.0. The van der Waals surface area contributed by atoms with Gasteiger partial charge in [-0.05, 0) is 42.8 Å². The van der Waals surface area contributed by atoms with Crippen LogP contribution in [0.2, 0.25) is 5.02 Å². The van der Waals surface area contributed by atoms with Crippen molar-refractivity contribution in [3.63, 3.8) is 0 Å². The third-order valence-corrected chi connectivity index (χ3v) is 4.65. The maximum atomic E-state index is 12.0. The number of hydrogen-bond acceptors (Lipinski definition) is 3. The highest BCUT2D eigenvalue weighted by Crippen LogP contribution is 2.31. The number of hydrogen-bond donors (Lipinski definition) is 3. The Hall–Kier alpha value is -2.00. The third kappa shape index (κ3) is 7.08. The number of nitrogens with one attached hydrogen (secondary N) is 3. The minimum atomic E-state index is 0. The molecule has 1 aliphatic heterocycles. The Bertz CT molecular complexity index is 830. The predicted molar refractivity (Wildman–Crippen MR) is 129 cm³/mol. The summed E-state index contributed by atoms with van der Waals surface area (Å²) in [5, 5.41) is 10.1. The molecular formula is C21H26ClIN4O2. The molecule has 6 nitrogen and oxygen atoms in total. The van der Waals surface area contributed by atoms with E-state index in [0.717, 1.165) is 23.5 Å². The van der Waals surface area contributed by atoms with Crippen molar-refractivity contribution < 1.29 is 9.53 Å². The molecule has 1 unspecified atom stereocenters. The van der Waals surface area contributed by atoms with Crippen molar-refractivity contribution in [2.75, 3.05) is 31.6 Å². The van der Waals surface area contributed by atoms with Crippen LogP contribution < -0.4 is 20.7 Å². The van der Waals surface area contributed by atoms with E-state index < -0.39 is 0 Å². The summed E-state index contributed by atoms with van der Waals surface area (Å²) >= 11 is 5.87. The van der Waals surface area contributed by atoms with Crippen LogP contribution in [-0.4, -0.2) is 38.1 Å². The quantitative estimate of drug-likeness (QED) is 0.220. The van der Waals surface area contributed by atoms with Gasteiger partial charge in [0.2, 0.25) is 5.91 Å². The van der Waals surface area contributed by atoms with Crippen LogP contribution in [0.25, 0.3) is 0 Å². The maximum Gasteiger partial charge on any atom is 0.225 e. The van der Waals surface area contributed by atoms with Crippen LogP contribution in [0.3, 0.4) is 0 Å². The molecule has 0 spiro atoms. The van der Waals surface area contributed by atoms with E-state index in [9.17, 15) is 4.79 Å². The summed E-state index contributed by atoms with van der Waals surface area (Å²) in [5.74, 6) is 1.60. The summed E-state index contributed by atoms with van der Waals surface area (Å²) in [6.45, 7) is 4.42. The Morgan fingerprint density at radius 1 is 1.21 bits per heavy atom. The molecule has 1 atom stereocenters. The molecule has 29 heavy (non-hydrogen) atoms. The lowest BCUT2D eigenvalue weighted by Gasteiger charge is -2.24. The molecule has 8 heteroatoms. The average Bonchev–Trinajstić information content (AvgIpc) is 2.70. The van der Waals surface area contributed by atoms with Gasteiger partial charge in [0.1, 0.15) is 12.4 Å². The molecule has 1 heterocycles. The van der Waals surface area contributed by atoms with E-state index in [2.05, 4.69) is 27.0 Å². The Morgan fingerprint density at radius 3 is 2.72 bits per heavy atom. The number of amides is 1. The number of halogens is 2. The SMILES string of the molecule is CCNC(=NCC1CC(=O)Nc2ccccc21)NCCOc1ccc(Cl)cc1.I. The number of nitrogens with zero attached hydrogens (tertiary/aromatic N) is 1. The van der Waals surface area contributed by atoms with Crippen LogP contribution in [0.5, 0.6) is 5.75 Å². The molecule has 3 rings (SSSR count). The van der Waals surface area contributed by atoms with Gasteiger partial charge < -0.3 is 20.7 Å². The zero-order valence-corrected chi connectivity index (χ0v) is 19.4. The van der Waals surface area contributed by atoms with Crippen molar-refractivity contribution in [2.24, 2.45) is 4.99 Å². The second-order valence-electron chi connectivity index (χ2n) is 6.49. The van der Waals surface area contributed by atoms with Crippen molar-refractivity contribution in [3.8, 4) is 5.75 Å². The van der Waals surface area contributed by atoms with E-state index in [1.165, 1.54) is 0 Å². The molecular weight excluding hydrogens is 503 g/mol. The molecule has 2 aromatic rings. The van der Waals surface area contributed by atoms with E-state index >= 15 is 0 Å². The standard InChI is InChI=1S/C21H25ClN4O2.HI/c1-2-23-21(24-11-12-28-17-9-7-16(22)8-10-17)25-14-15-13-20(27)26-19-6-4-3-5-18(15)19;/h3-10,15H,2,11-14H2,1H3,(H,26,27)(H2,23,24,25);1H. The molecule has 0 fully saturated rings. The van der Waals surface area contributed by atoms with Gasteiger partial charge in [-0.15, -0.1) is 24.0 Å². The lowest BCUT2D eigenvalue weighted by atomic mass is 9.91. The normalized spacial score (nSPS) is 15.6. The summed E-state index contributed by atoms with van der Waals surface area (Å²) in [7, 11) is 0. The van der Waals surface area contributed by atoms with Gasteiger partial charge in [0.25, 0.3) is 0 Å². The third-order valence-electron chi connectivity index (χ3n) is 4.40. The summed E-state index contributed by atoms with van der Waals surface area (Å²) in [6.07, 6.45) is 0.444. The largest absolute Gasteiger partial charge is 0.492 e. The minimum absolute atomic E-state index is 0. The summed E-state index contributed by atoms with van der Waals surface area (Å²) in [5.41, 5.74) is 2.01. The van der Waals surface area contributed by atoms with Crippen LogP contribution in [0, 0.1) is 0 Å². The Morgan fingerprint density at radius 2 is 1.97 bits per heavy atom. The number of carbonyl (C=O) groups excluding carboxylic acids is 1. The molecule has 1 amide bonds. The molecule has 0 radical (unpaired) electrons. The lowest BCUT2D eigenvalue weighted by Crippen LogP contribution is -2.39. The maximum absolute atomic E-state index is 12.0. The molecule has 1 aliphatic rings. The topological polar surface area (TPSA) is 74.8 Å². The number of carbonyl (C=O) groups is 1. The van der Waals surface area contributed by atoms with Gasteiger partial charge in [-0.2, -0.15) is 0 Å². The highest BCUT2D eigenvalue weighted by atomic mass is 127. The van der Waals surface area contributed by atoms with Gasteiger partial charge in [-0.25, -0.2) is 0 Å². The average molecular weight is 529 g/mol. The second kappa shape index (κ2) is 11.9. The van der Waals surface area contributed by atoms with Crippen molar-refractivity contribution in [1.29, 1.82) is 0 Å². The van der Waals surface area contributed by atoms with Gasteiger partial charge in [0.05, 0.1) is 13.1 Å². The molecule has 3 N–H and O–H groups in total. The van der Waals surface area contributed by atoms with E-state index in [1.807, 2.05) is 37.3 Å². The number of anilines is 1. The van der Waals surface area contributed by atoms with Crippen LogP contribution in [0.4, 0.5) is 5.69 Å². The first-order valence-electron chi connectivity index (χ1n) is 9.45. The monoisotopic (exact) mass is 528 g/mol. The van der Waals surface area contributed by atoms with Crippen molar-refractivity contribution in [3.05, 3.63) is 59.1 Å². The van der Waals surface area contributed by atoms with Gasteiger partial charge in [0.15, 0.2) is 5.96 Å². The van der Waals surface area contributed by atoms with Gasteiger partial charge in [-0.3, -0.25) is 9.79 Å². The van der Waals surface area contributed by atoms with Crippen LogP contribution in [0.1, 0.15) is 24.8 Å².